The zero-order valence-corrected chi connectivity index (χ0v) is 13.7. The molecule has 0 radical (unpaired) electrons. The summed E-state index contributed by atoms with van der Waals surface area (Å²) in [5.41, 5.74) is 2.15. The number of hydrogen-bond donors (Lipinski definition) is 1. The second kappa shape index (κ2) is 6.22. The van der Waals surface area contributed by atoms with Crippen molar-refractivity contribution in [2.24, 2.45) is 4.99 Å². The highest BCUT2D eigenvalue weighted by Crippen LogP contribution is 2.26. The standard InChI is InChI=1S/C18H16N2O3S/c21-16-4-1-9-20(16)13-7-5-12(6-8-13)17-19-15(18(22)23-17)11-14-3-2-10-24-14/h2-3,5-8,10-11,18,22H,1,4,9H2/b15-11+. The molecule has 0 saturated carbocycles. The average Bonchev–Trinajstić information content (AvgIpc) is 3.31. The van der Waals surface area contributed by atoms with E-state index >= 15 is 0 Å². The molecule has 2 aliphatic rings. The first kappa shape index (κ1) is 15.1. The minimum atomic E-state index is -1.05. The predicted molar refractivity (Wildman–Crippen MR) is 94.0 cm³/mol. The van der Waals surface area contributed by atoms with Gasteiger partial charge < -0.3 is 14.7 Å². The number of carbonyl (C=O) groups excluding carboxylic acids is 1. The Balaban J connectivity index is 1.56. The molecule has 6 heteroatoms. The van der Waals surface area contributed by atoms with Gasteiger partial charge in [-0.3, -0.25) is 4.79 Å². The fourth-order valence-corrected chi connectivity index (χ4v) is 3.49. The minimum Gasteiger partial charge on any atom is -0.441 e. The number of hydrogen-bond acceptors (Lipinski definition) is 5. The van der Waals surface area contributed by atoms with Gasteiger partial charge in [-0.1, -0.05) is 6.07 Å². The smallest absolute Gasteiger partial charge is 0.243 e. The van der Waals surface area contributed by atoms with Crippen LogP contribution in [0.15, 0.2) is 52.5 Å². The van der Waals surface area contributed by atoms with Gasteiger partial charge in [-0.05, 0) is 48.2 Å². The van der Waals surface area contributed by atoms with E-state index in [1.54, 1.807) is 16.2 Å². The highest BCUT2D eigenvalue weighted by molar-refractivity contribution is 7.10. The molecule has 122 valence electrons. The van der Waals surface area contributed by atoms with Crippen LogP contribution in [-0.4, -0.2) is 29.7 Å². The topological polar surface area (TPSA) is 62.1 Å². The summed E-state index contributed by atoms with van der Waals surface area (Å²) in [7, 11) is 0. The molecule has 0 bridgehead atoms. The average molecular weight is 340 g/mol. The molecule has 1 aromatic carbocycles. The van der Waals surface area contributed by atoms with Crippen LogP contribution >= 0.6 is 11.3 Å². The van der Waals surface area contributed by atoms with Crippen molar-refractivity contribution < 1.29 is 14.6 Å². The molecule has 0 spiro atoms. The maximum absolute atomic E-state index is 11.8. The Kier molecular flexibility index (Phi) is 3.92. The van der Waals surface area contributed by atoms with Gasteiger partial charge in [0.1, 0.15) is 5.70 Å². The molecule has 2 aromatic rings. The van der Waals surface area contributed by atoms with Crippen molar-refractivity contribution in [2.75, 3.05) is 11.4 Å². The molecule has 1 fully saturated rings. The number of aliphatic hydroxyl groups excluding tert-OH is 1. The molecular weight excluding hydrogens is 324 g/mol. The van der Waals surface area contributed by atoms with Crippen LogP contribution in [-0.2, 0) is 9.53 Å². The number of benzene rings is 1. The molecule has 5 nitrogen and oxygen atoms in total. The van der Waals surface area contributed by atoms with Gasteiger partial charge in [0.2, 0.25) is 18.1 Å². The van der Waals surface area contributed by atoms with Crippen LogP contribution in [0.2, 0.25) is 0 Å². The van der Waals surface area contributed by atoms with Gasteiger partial charge in [-0.15, -0.1) is 11.3 Å². The van der Waals surface area contributed by atoms with E-state index in [0.29, 0.717) is 18.0 Å². The van der Waals surface area contributed by atoms with E-state index < -0.39 is 6.29 Å². The Hall–Kier alpha value is -2.44. The number of aliphatic imine (C=N–C) groups is 1. The van der Waals surface area contributed by atoms with E-state index in [0.717, 1.165) is 29.1 Å². The molecule has 1 saturated heterocycles. The SMILES string of the molecule is O=C1CCCN1c1ccc(C2=N/C(=C/c3cccs3)C(O)O2)cc1. The highest BCUT2D eigenvalue weighted by atomic mass is 32.1. The summed E-state index contributed by atoms with van der Waals surface area (Å²) in [4.78, 5) is 19.0. The van der Waals surface area contributed by atoms with Crippen molar-refractivity contribution in [1.29, 1.82) is 0 Å². The summed E-state index contributed by atoms with van der Waals surface area (Å²) in [5.74, 6) is 0.554. The van der Waals surface area contributed by atoms with Gasteiger partial charge in [0.15, 0.2) is 0 Å². The first-order valence-electron chi connectivity index (χ1n) is 7.80. The van der Waals surface area contributed by atoms with Crippen molar-refractivity contribution in [3.8, 4) is 0 Å². The molecule has 1 atom stereocenters. The van der Waals surface area contributed by atoms with Gasteiger partial charge in [0, 0.05) is 29.1 Å². The summed E-state index contributed by atoms with van der Waals surface area (Å²) >= 11 is 1.58. The highest BCUT2D eigenvalue weighted by Gasteiger charge is 2.25. The first-order chi connectivity index (χ1) is 11.7. The number of rotatable bonds is 3. The molecule has 3 heterocycles. The lowest BCUT2D eigenvalue weighted by Gasteiger charge is -2.15. The quantitative estimate of drug-likeness (QED) is 0.934. The molecule has 4 rings (SSSR count). The lowest BCUT2D eigenvalue weighted by Crippen LogP contribution is -2.23. The van der Waals surface area contributed by atoms with Crippen LogP contribution in [0.5, 0.6) is 0 Å². The molecule has 1 aromatic heterocycles. The molecule has 1 N–H and O–H groups in total. The summed E-state index contributed by atoms with van der Waals surface area (Å²) in [6, 6.07) is 11.4. The third kappa shape index (κ3) is 2.86. The molecule has 24 heavy (non-hydrogen) atoms. The Morgan fingerprint density at radius 3 is 2.79 bits per heavy atom. The molecule has 1 amide bonds. The number of anilines is 1. The fraction of sp³-hybridized carbons (Fsp3) is 0.222. The monoisotopic (exact) mass is 340 g/mol. The molecular formula is C18H16N2O3S. The van der Waals surface area contributed by atoms with Gasteiger partial charge in [-0.2, -0.15) is 0 Å². The summed E-state index contributed by atoms with van der Waals surface area (Å²) in [6.45, 7) is 0.766. The van der Waals surface area contributed by atoms with Crippen LogP contribution in [0.3, 0.4) is 0 Å². The lowest BCUT2D eigenvalue weighted by atomic mass is 10.2. The summed E-state index contributed by atoms with van der Waals surface area (Å²) in [5, 5.41) is 12.0. The maximum atomic E-state index is 11.8. The number of aliphatic hydroxyl groups is 1. The van der Waals surface area contributed by atoms with Crippen LogP contribution in [0.25, 0.3) is 6.08 Å². The van der Waals surface area contributed by atoms with E-state index in [9.17, 15) is 9.90 Å². The Morgan fingerprint density at radius 1 is 1.29 bits per heavy atom. The van der Waals surface area contributed by atoms with E-state index in [-0.39, 0.29) is 5.91 Å². The lowest BCUT2D eigenvalue weighted by molar-refractivity contribution is -0.117. The van der Waals surface area contributed by atoms with Crippen molar-refractivity contribution in [2.45, 2.75) is 19.1 Å². The number of carbonyl (C=O) groups is 1. The van der Waals surface area contributed by atoms with Crippen molar-refractivity contribution >= 4 is 34.9 Å². The largest absolute Gasteiger partial charge is 0.441 e. The Labute approximate surface area is 143 Å². The van der Waals surface area contributed by atoms with Gasteiger partial charge in [-0.25, -0.2) is 4.99 Å². The van der Waals surface area contributed by atoms with Crippen LogP contribution in [0, 0.1) is 0 Å². The predicted octanol–water partition coefficient (Wildman–Crippen LogP) is 3.01. The zero-order valence-electron chi connectivity index (χ0n) is 12.9. The minimum absolute atomic E-state index is 0.161. The van der Waals surface area contributed by atoms with Crippen LogP contribution in [0.1, 0.15) is 23.3 Å². The van der Waals surface area contributed by atoms with Crippen molar-refractivity contribution in [3.05, 3.63) is 57.9 Å². The van der Waals surface area contributed by atoms with E-state index in [1.165, 1.54) is 0 Å². The molecule has 1 unspecified atom stereocenters. The summed E-state index contributed by atoms with van der Waals surface area (Å²) < 4.78 is 5.46. The van der Waals surface area contributed by atoms with E-state index in [4.69, 9.17) is 4.74 Å². The molecule has 0 aliphatic carbocycles. The van der Waals surface area contributed by atoms with Gasteiger partial charge in [0.25, 0.3) is 0 Å². The third-order valence-corrected chi connectivity index (χ3v) is 4.86. The van der Waals surface area contributed by atoms with E-state index in [1.807, 2.05) is 47.9 Å². The second-order valence-corrected chi connectivity index (χ2v) is 6.65. The van der Waals surface area contributed by atoms with Gasteiger partial charge >= 0.3 is 0 Å². The van der Waals surface area contributed by atoms with Crippen LogP contribution in [0.4, 0.5) is 5.69 Å². The summed E-state index contributed by atoms with van der Waals surface area (Å²) in [6.07, 6.45) is 2.28. The van der Waals surface area contributed by atoms with E-state index in [2.05, 4.69) is 4.99 Å². The number of ether oxygens (including phenoxy) is 1. The number of thiophene rings is 1. The third-order valence-electron chi connectivity index (χ3n) is 4.04. The van der Waals surface area contributed by atoms with Crippen LogP contribution < -0.4 is 4.90 Å². The molecule has 2 aliphatic heterocycles. The Bertz CT molecular complexity index is 809. The number of amides is 1. The zero-order chi connectivity index (χ0) is 16.5. The normalized spacial score (nSPS) is 22.1. The number of nitrogens with zero attached hydrogens (tertiary/aromatic N) is 2. The fourth-order valence-electron chi connectivity index (χ4n) is 2.83. The Morgan fingerprint density at radius 2 is 2.12 bits per heavy atom. The van der Waals surface area contributed by atoms with Gasteiger partial charge in [0.05, 0.1) is 0 Å². The first-order valence-corrected chi connectivity index (χ1v) is 8.68. The van der Waals surface area contributed by atoms with Crippen molar-refractivity contribution in [3.63, 3.8) is 0 Å². The maximum Gasteiger partial charge on any atom is 0.243 e. The van der Waals surface area contributed by atoms with Crippen molar-refractivity contribution in [1.82, 2.24) is 0 Å². The second-order valence-electron chi connectivity index (χ2n) is 5.67.